The van der Waals surface area contributed by atoms with Crippen molar-refractivity contribution in [1.82, 2.24) is 4.31 Å². The van der Waals surface area contributed by atoms with Crippen LogP contribution in [0.1, 0.15) is 30.9 Å². The van der Waals surface area contributed by atoms with Crippen molar-refractivity contribution in [2.45, 2.75) is 38.1 Å². The van der Waals surface area contributed by atoms with E-state index in [2.05, 4.69) is 6.58 Å². The number of methoxy groups -OCH3 is 3. The number of ether oxygens (including phenoxy) is 4. The van der Waals surface area contributed by atoms with Crippen LogP contribution in [-0.4, -0.2) is 59.1 Å². The molecule has 0 aliphatic rings. The average Bonchev–Trinajstić information content (AvgIpc) is 2.86. The Balaban J connectivity index is 2.34. The Bertz CT molecular complexity index is 926. The van der Waals surface area contributed by atoms with E-state index in [1.165, 1.54) is 0 Å². The highest BCUT2D eigenvalue weighted by molar-refractivity contribution is 7.89. The summed E-state index contributed by atoms with van der Waals surface area (Å²) in [7, 11) is 1.13. The molecule has 0 bridgehead atoms. The molecule has 194 valence electrons. The zero-order valence-electron chi connectivity index (χ0n) is 21.3. The zero-order chi connectivity index (χ0) is 25.7. The van der Waals surface area contributed by atoms with Crippen molar-refractivity contribution in [1.29, 1.82) is 0 Å². The van der Waals surface area contributed by atoms with Crippen molar-refractivity contribution in [3.63, 3.8) is 0 Å². The van der Waals surface area contributed by atoms with E-state index >= 15 is 0 Å². The lowest BCUT2D eigenvalue weighted by Crippen LogP contribution is -2.41. The molecular weight excluding hydrogens is 466 g/mol. The summed E-state index contributed by atoms with van der Waals surface area (Å²) in [5.74, 6) is 1.34. The highest BCUT2D eigenvalue weighted by Gasteiger charge is 2.35. The van der Waals surface area contributed by atoms with E-state index in [0.29, 0.717) is 32.7 Å². The molecule has 0 fully saturated rings. The first-order chi connectivity index (χ1) is 16.8. The predicted molar refractivity (Wildman–Crippen MR) is 139 cm³/mol. The van der Waals surface area contributed by atoms with E-state index in [4.69, 9.17) is 18.9 Å². The van der Waals surface area contributed by atoms with Gasteiger partial charge in [-0.3, -0.25) is 0 Å². The fraction of sp³-hybridized carbons (Fsp3) is 0.481. The van der Waals surface area contributed by atoms with Gasteiger partial charge in [-0.05, 0) is 54.2 Å². The third-order valence-electron chi connectivity index (χ3n) is 5.93. The van der Waals surface area contributed by atoms with Crippen LogP contribution in [0, 0.1) is 5.92 Å². The maximum atomic E-state index is 14.1. The summed E-state index contributed by atoms with van der Waals surface area (Å²) in [5.41, 5.74) is 1.77. The van der Waals surface area contributed by atoms with Gasteiger partial charge in [-0.15, -0.1) is 6.58 Å². The van der Waals surface area contributed by atoms with Gasteiger partial charge in [-0.2, -0.15) is 4.31 Å². The molecule has 7 nitrogen and oxygen atoms in total. The van der Waals surface area contributed by atoms with E-state index in [9.17, 15) is 8.42 Å². The molecule has 2 aromatic carbocycles. The quantitative estimate of drug-likeness (QED) is 0.230. The minimum Gasteiger partial charge on any atom is -0.497 e. The van der Waals surface area contributed by atoms with Gasteiger partial charge in [-0.25, -0.2) is 8.42 Å². The van der Waals surface area contributed by atoms with E-state index in [1.807, 2.05) is 55.5 Å². The van der Waals surface area contributed by atoms with Gasteiger partial charge in [0.15, 0.2) is 0 Å². The Kier molecular flexibility index (Phi) is 12.3. The van der Waals surface area contributed by atoms with Gasteiger partial charge >= 0.3 is 0 Å². The number of allylic oxidation sites excluding steroid dienone is 1. The van der Waals surface area contributed by atoms with Gasteiger partial charge in [0.05, 0.1) is 32.7 Å². The van der Waals surface area contributed by atoms with Crippen molar-refractivity contribution in [2.24, 2.45) is 5.92 Å². The molecule has 0 saturated heterocycles. The Morgan fingerprint density at radius 1 is 0.857 bits per heavy atom. The van der Waals surface area contributed by atoms with Crippen LogP contribution in [0.25, 0.3) is 0 Å². The van der Waals surface area contributed by atoms with Gasteiger partial charge < -0.3 is 18.9 Å². The standard InChI is InChI=1S/C27H39NO6S/c1-6-7-22(2)27(16-17-34-19-18-31-3)35(29,30)28(20-23-8-12-25(32-4)13-9-23)21-24-10-14-26(33-5)15-11-24/h6,8-15,22,27H,1,7,16-21H2,2-5H3. The van der Waals surface area contributed by atoms with Crippen LogP contribution in [0.15, 0.2) is 61.2 Å². The SMILES string of the molecule is C=CCC(C)C(CCOCCOC)S(=O)(=O)N(Cc1ccc(OC)cc1)Cc1ccc(OC)cc1. The second kappa shape index (κ2) is 14.9. The van der Waals surface area contributed by atoms with Crippen molar-refractivity contribution < 1.29 is 27.4 Å². The summed E-state index contributed by atoms with van der Waals surface area (Å²) < 4.78 is 50.9. The van der Waals surface area contributed by atoms with Gasteiger partial charge in [0.2, 0.25) is 10.0 Å². The molecule has 2 aromatic rings. The van der Waals surface area contributed by atoms with Gasteiger partial charge in [-0.1, -0.05) is 37.3 Å². The van der Waals surface area contributed by atoms with E-state index in [1.54, 1.807) is 31.7 Å². The minimum absolute atomic E-state index is 0.113. The molecular formula is C27H39NO6S. The first-order valence-corrected chi connectivity index (χ1v) is 13.3. The molecule has 0 aliphatic carbocycles. The van der Waals surface area contributed by atoms with Gasteiger partial charge in [0, 0.05) is 26.8 Å². The zero-order valence-corrected chi connectivity index (χ0v) is 22.1. The number of benzene rings is 2. The van der Waals surface area contributed by atoms with Gasteiger partial charge in [0.25, 0.3) is 0 Å². The number of hydrogen-bond donors (Lipinski definition) is 0. The third-order valence-corrected chi connectivity index (χ3v) is 8.37. The molecule has 0 saturated carbocycles. The van der Waals surface area contributed by atoms with Crippen LogP contribution in [0.4, 0.5) is 0 Å². The molecule has 2 unspecified atom stereocenters. The molecule has 0 radical (unpaired) electrons. The highest BCUT2D eigenvalue weighted by Crippen LogP contribution is 2.27. The first-order valence-electron chi connectivity index (χ1n) is 11.8. The Labute approximate surface area is 210 Å². The van der Waals surface area contributed by atoms with Crippen molar-refractivity contribution >= 4 is 10.0 Å². The largest absolute Gasteiger partial charge is 0.497 e. The molecule has 0 spiro atoms. The van der Waals surface area contributed by atoms with E-state index in [0.717, 1.165) is 22.6 Å². The molecule has 35 heavy (non-hydrogen) atoms. The second-order valence-electron chi connectivity index (χ2n) is 8.44. The lowest BCUT2D eigenvalue weighted by Gasteiger charge is -2.31. The molecule has 0 N–H and O–H groups in total. The Morgan fingerprint density at radius 2 is 1.37 bits per heavy atom. The second-order valence-corrected chi connectivity index (χ2v) is 10.6. The number of hydrogen-bond acceptors (Lipinski definition) is 6. The molecule has 0 aliphatic heterocycles. The summed E-state index contributed by atoms with van der Waals surface area (Å²) in [5, 5.41) is -0.612. The van der Waals surface area contributed by atoms with E-state index in [-0.39, 0.29) is 19.0 Å². The summed E-state index contributed by atoms with van der Waals surface area (Å²) >= 11 is 0. The van der Waals surface area contributed by atoms with Crippen LogP contribution in [-0.2, 0) is 32.6 Å². The summed E-state index contributed by atoms with van der Waals surface area (Å²) in [6.07, 6.45) is 2.76. The normalized spacial score (nSPS) is 13.4. The van der Waals surface area contributed by atoms with Crippen LogP contribution in [0.5, 0.6) is 11.5 Å². The lowest BCUT2D eigenvalue weighted by atomic mass is 10.0. The highest BCUT2D eigenvalue weighted by atomic mass is 32.2. The average molecular weight is 506 g/mol. The number of nitrogens with zero attached hydrogens (tertiary/aromatic N) is 1. The molecule has 0 aromatic heterocycles. The molecule has 8 heteroatoms. The van der Waals surface area contributed by atoms with E-state index < -0.39 is 15.3 Å². The fourth-order valence-electron chi connectivity index (χ4n) is 3.88. The van der Waals surface area contributed by atoms with Crippen LogP contribution >= 0.6 is 0 Å². The van der Waals surface area contributed by atoms with Crippen molar-refractivity contribution in [3.05, 3.63) is 72.3 Å². The maximum Gasteiger partial charge on any atom is 0.217 e. The monoisotopic (exact) mass is 505 g/mol. The number of sulfonamides is 1. The van der Waals surface area contributed by atoms with Gasteiger partial charge in [0.1, 0.15) is 11.5 Å². The maximum absolute atomic E-state index is 14.1. The van der Waals surface area contributed by atoms with Crippen LogP contribution in [0.3, 0.4) is 0 Å². The van der Waals surface area contributed by atoms with Crippen molar-refractivity contribution in [2.75, 3.05) is 41.2 Å². The van der Waals surface area contributed by atoms with Crippen LogP contribution in [0.2, 0.25) is 0 Å². The smallest absolute Gasteiger partial charge is 0.217 e. The van der Waals surface area contributed by atoms with Crippen molar-refractivity contribution in [3.8, 4) is 11.5 Å². The fourth-order valence-corrected chi connectivity index (χ4v) is 6.02. The Morgan fingerprint density at radius 3 is 1.80 bits per heavy atom. The number of rotatable bonds is 17. The lowest BCUT2D eigenvalue weighted by molar-refractivity contribution is 0.0676. The molecule has 0 heterocycles. The summed E-state index contributed by atoms with van der Waals surface area (Å²) in [6, 6.07) is 14.9. The summed E-state index contributed by atoms with van der Waals surface area (Å²) in [6.45, 7) is 7.52. The Hall–Kier alpha value is -2.39. The molecule has 0 amide bonds. The first kappa shape index (κ1) is 28.8. The molecule has 2 atom stereocenters. The topological polar surface area (TPSA) is 74.3 Å². The minimum atomic E-state index is -3.69. The molecule has 2 rings (SSSR count). The third kappa shape index (κ3) is 8.96. The predicted octanol–water partition coefficient (Wildman–Crippen LogP) is 4.67. The van der Waals surface area contributed by atoms with Crippen LogP contribution < -0.4 is 9.47 Å². The summed E-state index contributed by atoms with van der Waals surface area (Å²) in [4.78, 5) is 0.